The van der Waals surface area contributed by atoms with Gasteiger partial charge in [-0.3, -0.25) is 9.69 Å². The lowest BCUT2D eigenvalue weighted by atomic mass is 10.0. The van der Waals surface area contributed by atoms with Crippen molar-refractivity contribution in [3.05, 3.63) is 59.7 Å². The van der Waals surface area contributed by atoms with E-state index in [9.17, 15) is 13.2 Å². The van der Waals surface area contributed by atoms with Crippen LogP contribution in [0.4, 0.5) is 0 Å². The number of carbonyl (C=O) groups is 1. The number of likely N-dealkylation sites (tertiary alicyclic amines) is 1. The molecule has 2 aromatic rings. The first-order valence-electron chi connectivity index (χ1n) is 11.2. The Morgan fingerprint density at radius 2 is 1.78 bits per heavy atom. The van der Waals surface area contributed by atoms with Crippen LogP contribution in [0.2, 0.25) is 0 Å². The predicted octanol–water partition coefficient (Wildman–Crippen LogP) is 3.29. The van der Waals surface area contributed by atoms with Crippen molar-refractivity contribution in [2.45, 2.75) is 37.6 Å². The summed E-state index contributed by atoms with van der Waals surface area (Å²) in [5.74, 6) is 0.501. The van der Waals surface area contributed by atoms with Gasteiger partial charge in [-0.05, 0) is 61.8 Å². The molecular formula is C24H33N3O4S. The molecule has 1 unspecified atom stereocenters. The molecule has 1 heterocycles. The Labute approximate surface area is 191 Å². The topological polar surface area (TPSA) is 79.0 Å². The molecule has 32 heavy (non-hydrogen) atoms. The second-order valence-corrected chi connectivity index (χ2v) is 9.80. The number of nitrogens with zero attached hydrogens (tertiary/aromatic N) is 2. The van der Waals surface area contributed by atoms with Crippen LogP contribution < -0.4 is 10.1 Å². The molecule has 7 nitrogen and oxygen atoms in total. The monoisotopic (exact) mass is 459 g/mol. The van der Waals surface area contributed by atoms with Crippen LogP contribution in [-0.4, -0.2) is 63.4 Å². The third kappa shape index (κ3) is 5.49. The Bertz CT molecular complexity index is 1020. The number of methoxy groups -OCH3 is 1. The first-order chi connectivity index (χ1) is 15.4. The molecule has 2 aromatic carbocycles. The van der Waals surface area contributed by atoms with Gasteiger partial charge >= 0.3 is 0 Å². The third-order valence-corrected chi connectivity index (χ3v) is 8.00. The Morgan fingerprint density at radius 1 is 1.09 bits per heavy atom. The highest BCUT2D eigenvalue weighted by atomic mass is 32.2. The van der Waals surface area contributed by atoms with Crippen molar-refractivity contribution in [3.8, 4) is 5.75 Å². The molecule has 1 aliphatic heterocycles. The Hall–Kier alpha value is -2.42. The summed E-state index contributed by atoms with van der Waals surface area (Å²) in [6.45, 7) is 6.76. The van der Waals surface area contributed by atoms with Crippen molar-refractivity contribution >= 4 is 15.9 Å². The van der Waals surface area contributed by atoms with Crippen molar-refractivity contribution < 1.29 is 17.9 Å². The number of sulfonamides is 1. The molecule has 1 amide bonds. The minimum Gasteiger partial charge on any atom is -0.497 e. The maximum atomic E-state index is 12.9. The maximum Gasteiger partial charge on any atom is 0.251 e. The Morgan fingerprint density at radius 3 is 2.44 bits per heavy atom. The van der Waals surface area contributed by atoms with E-state index in [4.69, 9.17) is 4.74 Å². The quantitative estimate of drug-likeness (QED) is 0.590. The van der Waals surface area contributed by atoms with Crippen LogP contribution in [0.5, 0.6) is 5.75 Å². The molecule has 1 saturated heterocycles. The molecule has 1 N–H and O–H groups in total. The van der Waals surface area contributed by atoms with E-state index in [2.05, 4.69) is 16.3 Å². The molecule has 174 valence electrons. The fourth-order valence-electron chi connectivity index (χ4n) is 4.16. The highest BCUT2D eigenvalue weighted by molar-refractivity contribution is 7.89. The number of nitrogens with one attached hydrogen (secondary N) is 1. The first-order valence-corrected chi connectivity index (χ1v) is 12.6. The van der Waals surface area contributed by atoms with Gasteiger partial charge < -0.3 is 10.1 Å². The highest BCUT2D eigenvalue weighted by Gasteiger charge is 2.26. The summed E-state index contributed by atoms with van der Waals surface area (Å²) in [5.41, 5.74) is 1.42. The molecule has 3 rings (SSSR count). The number of amides is 1. The van der Waals surface area contributed by atoms with Gasteiger partial charge in [0, 0.05) is 25.2 Å². The highest BCUT2D eigenvalue weighted by Crippen LogP contribution is 2.27. The summed E-state index contributed by atoms with van der Waals surface area (Å²) in [6.07, 6.45) is 2.28. The van der Waals surface area contributed by atoms with Gasteiger partial charge in [-0.2, -0.15) is 4.31 Å². The number of rotatable bonds is 10. The number of hydrogen-bond acceptors (Lipinski definition) is 5. The van der Waals surface area contributed by atoms with Gasteiger partial charge in [0.2, 0.25) is 10.0 Å². The first kappa shape index (κ1) is 24.2. The van der Waals surface area contributed by atoms with Gasteiger partial charge in [0.15, 0.2) is 0 Å². The van der Waals surface area contributed by atoms with Crippen LogP contribution >= 0.6 is 0 Å². The van der Waals surface area contributed by atoms with E-state index in [1.54, 1.807) is 33.1 Å². The molecule has 1 aliphatic rings. The zero-order chi connectivity index (χ0) is 23.1. The van der Waals surface area contributed by atoms with Crippen molar-refractivity contribution in [1.82, 2.24) is 14.5 Å². The Kier molecular flexibility index (Phi) is 8.28. The lowest BCUT2D eigenvalue weighted by Crippen LogP contribution is -2.37. The van der Waals surface area contributed by atoms with Gasteiger partial charge in [0.25, 0.3) is 5.91 Å². The van der Waals surface area contributed by atoms with E-state index in [-0.39, 0.29) is 16.8 Å². The van der Waals surface area contributed by atoms with Crippen molar-refractivity contribution in [2.24, 2.45) is 0 Å². The largest absolute Gasteiger partial charge is 0.497 e. The van der Waals surface area contributed by atoms with Crippen LogP contribution in [0.1, 0.15) is 48.7 Å². The van der Waals surface area contributed by atoms with Gasteiger partial charge in [-0.1, -0.05) is 32.0 Å². The summed E-state index contributed by atoms with van der Waals surface area (Å²) in [4.78, 5) is 15.5. The minimum absolute atomic E-state index is 0.0270. The molecule has 0 bridgehead atoms. The fourth-order valence-corrected chi connectivity index (χ4v) is 5.67. The SMILES string of the molecule is CCN(CC)S(=O)(=O)c1cccc(C(=O)NCC(c2cccc(OC)c2)N2CCCC2)c1. The zero-order valence-corrected chi connectivity index (χ0v) is 19.9. The summed E-state index contributed by atoms with van der Waals surface area (Å²) in [6, 6.07) is 14.2. The maximum absolute atomic E-state index is 12.9. The van der Waals surface area contributed by atoms with Gasteiger partial charge in [0.05, 0.1) is 18.0 Å². The second-order valence-electron chi connectivity index (χ2n) is 7.86. The molecule has 0 spiro atoms. The molecule has 1 atom stereocenters. The summed E-state index contributed by atoms with van der Waals surface area (Å²) in [7, 11) is -1.98. The molecule has 0 aromatic heterocycles. The standard InChI is InChI=1S/C24H33N3O4S/c1-4-27(5-2)32(29,30)22-13-9-11-20(17-22)24(28)25-18-23(26-14-6-7-15-26)19-10-8-12-21(16-19)31-3/h8-13,16-17,23H,4-7,14-15,18H2,1-3H3,(H,25,28). The van der Waals surface area contributed by atoms with Crippen molar-refractivity contribution in [1.29, 1.82) is 0 Å². The van der Waals surface area contributed by atoms with E-state index in [1.807, 2.05) is 18.2 Å². The lowest BCUT2D eigenvalue weighted by Gasteiger charge is -2.28. The van der Waals surface area contributed by atoms with Gasteiger partial charge in [-0.15, -0.1) is 0 Å². The molecule has 0 saturated carbocycles. The predicted molar refractivity (Wildman–Crippen MR) is 125 cm³/mol. The number of benzene rings is 2. The second kappa shape index (κ2) is 10.9. The minimum atomic E-state index is -3.62. The molecule has 1 fully saturated rings. The van der Waals surface area contributed by atoms with Crippen LogP contribution in [0.25, 0.3) is 0 Å². The van der Waals surface area contributed by atoms with E-state index in [0.29, 0.717) is 25.2 Å². The van der Waals surface area contributed by atoms with E-state index >= 15 is 0 Å². The van der Waals surface area contributed by atoms with Crippen LogP contribution in [0.15, 0.2) is 53.4 Å². The molecule has 0 radical (unpaired) electrons. The van der Waals surface area contributed by atoms with Crippen LogP contribution in [0.3, 0.4) is 0 Å². The molecular weight excluding hydrogens is 426 g/mol. The van der Waals surface area contributed by atoms with Crippen molar-refractivity contribution in [2.75, 3.05) is 39.8 Å². The molecule has 0 aliphatic carbocycles. The lowest BCUT2D eigenvalue weighted by molar-refractivity contribution is 0.0937. The number of carbonyl (C=O) groups excluding carboxylic acids is 1. The summed E-state index contributed by atoms with van der Waals surface area (Å²) >= 11 is 0. The van der Waals surface area contributed by atoms with E-state index in [1.165, 1.54) is 16.4 Å². The van der Waals surface area contributed by atoms with Crippen LogP contribution in [-0.2, 0) is 10.0 Å². The fraction of sp³-hybridized carbons (Fsp3) is 0.458. The summed E-state index contributed by atoms with van der Waals surface area (Å²) < 4.78 is 32.4. The van der Waals surface area contributed by atoms with Gasteiger partial charge in [0.1, 0.15) is 5.75 Å². The Balaban J connectivity index is 1.78. The zero-order valence-electron chi connectivity index (χ0n) is 19.1. The smallest absolute Gasteiger partial charge is 0.251 e. The van der Waals surface area contributed by atoms with E-state index in [0.717, 1.165) is 37.2 Å². The summed E-state index contributed by atoms with van der Waals surface area (Å²) in [5, 5.41) is 3.02. The molecule has 8 heteroatoms. The van der Waals surface area contributed by atoms with Gasteiger partial charge in [-0.25, -0.2) is 8.42 Å². The number of ether oxygens (including phenoxy) is 1. The normalized spacial score (nSPS) is 15.6. The average molecular weight is 460 g/mol. The van der Waals surface area contributed by atoms with Crippen molar-refractivity contribution in [3.63, 3.8) is 0 Å². The average Bonchev–Trinajstić information content (AvgIpc) is 3.34. The number of hydrogen-bond donors (Lipinski definition) is 1. The third-order valence-electron chi connectivity index (χ3n) is 5.96. The van der Waals surface area contributed by atoms with E-state index < -0.39 is 10.0 Å². The van der Waals surface area contributed by atoms with Crippen LogP contribution in [0, 0.1) is 0 Å².